The first kappa shape index (κ1) is 20.9. The van der Waals surface area contributed by atoms with Crippen molar-refractivity contribution in [2.24, 2.45) is 0 Å². The number of methoxy groups -OCH3 is 1. The van der Waals surface area contributed by atoms with Gasteiger partial charge in [0.1, 0.15) is 12.4 Å². The molecule has 2 N–H and O–H groups in total. The topological polar surface area (TPSA) is 128 Å². The Morgan fingerprint density at radius 1 is 1.06 bits per heavy atom. The Labute approximate surface area is 182 Å². The second-order valence-corrected chi connectivity index (χ2v) is 7.09. The van der Waals surface area contributed by atoms with Gasteiger partial charge < -0.3 is 14.6 Å². The molecule has 0 saturated heterocycles. The molecule has 0 aromatic heterocycles. The largest absolute Gasteiger partial charge is 0.494 e. The number of carboxylic acids is 1. The highest BCUT2D eigenvalue weighted by atomic mass is 16.6. The van der Waals surface area contributed by atoms with Crippen LogP contribution in [-0.2, 0) is 4.74 Å². The Morgan fingerprint density at radius 2 is 1.66 bits per heavy atom. The Hall–Kier alpha value is -4.40. The highest BCUT2D eigenvalue weighted by Gasteiger charge is 2.30. The molecule has 4 rings (SSSR count). The molecule has 0 radical (unpaired) electrons. The fourth-order valence-corrected chi connectivity index (χ4v) is 3.89. The third-order valence-electron chi connectivity index (χ3n) is 5.32. The van der Waals surface area contributed by atoms with Gasteiger partial charge in [-0.3, -0.25) is 15.4 Å². The van der Waals surface area contributed by atoms with Gasteiger partial charge in [-0.25, -0.2) is 9.59 Å². The van der Waals surface area contributed by atoms with Crippen LogP contribution in [0.15, 0.2) is 60.7 Å². The molecule has 0 atom stereocenters. The minimum absolute atomic E-state index is 0.0170. The summed E-state index contributed by atoms with van der Waals surface area (Å²) in [5.41, 5.74) is 2.95. The first-order chi connectivity index (χ1) is 15.4. The van der Waals surface area contributed by atoms with E-state index in [0.29, 0.717) is 0 Å². The predicted molar refractivity (Wildman–Crippen MR) is 115 cm³/mol. The molecule has 0 saturated carbocycles. The summed E-state index contributed by atoms with van der Waals surface area (Å²) in [6, 6.07) is 17.6. The Balaban J connectivity index is 1.57. The summed E-state index contributed by atoms with van der Waals surface area (Å²) < 4.78 is 10.5. The normalized spacial score (nSPS) is 11.9. The molecule has 0 aliphatic heterocycles. The van der Waals surface area contributed by atoms with Crippen LogP contribution in [0.1, 0.15) is 27.4 Å². The van der Waals surface area contributed by atoms with E-state index in [9.17, 15) is 19.7 Å². The fourth-order valence-electron chi connectivity index (χ4n) is 3.89. The fraction of sp³-hybridized carbons (Fsp3) is 0.130. The lowest BCUT2D eigenvalue weighted by Crippen LogP contribution is -2.19. The highest BCUT2D eigenvalue weighted by molar-refractivity contribution is 5.95. The van der Waals surface area contributed by atoms with Gasteiger partial charge in [0.25, 0.3) is 5.69 Å². The van der Waals surface area contributed by atoms with E-state index >= 15 is 0 Å². The second-order valence-electron chi connectivity index (χ2n) is 7.09. The molecule has 3 aromatic carbocycles. The number of nitrogens with zero attached hydrogens (tertiary/aromatic N) is 1. The molecule has 0 spiro atoms. The van der Waals surface area contributed by atoms with Crippen molar-refractivity contribution in [3.05, 3.63) is 87.5 Å². The quantitative estimate of drug-likeness (QED) is 0.426. The van der Waals surface area contributed by atoms with Crippen molar-refractivity contribution in [3.8, 4) is 16.9 Å². The maximum absolute atomic E-state index is 12.5. The number of carbonyl (C=O) groups excluding carboxylic acids is 1. The van der Waals surface area contributed by atoms with Crippen LogP contribution in [0.5, 0.6) is 5.75 Å². The van der Waals surface area contributed by atoms with Gasteiger partial charge in [-0.05, 0) is 28.3 Å². The summed E-state index contributed by atoms with van der Waals surface area (Å²) in [5.74, 6) is -1.70. The van der Waals surface area contributed by atoms with E-state index in [1.54, 1.807) is 0 Å². The lowest BCUT2D eigenvalue weighted by molar-refractivity contribution is -0.384. The molecule has 1 aliphatic carbocycles. The van der Waals surface area contributed by atoms with Crippen molar-refractivity contribution in [2.75, 3.05) is 19.0 Å². The zero-order valence-electron chi connectivity index (χ0n) is 16.9. The van der Waals surface area contributed by atoms with Gasteiger partial charge in [0.15, 0.2) is 5.69 Å². The molecule has 1 amide bonds. The second kappa shape index (κ2) is 8.38. The van der Waals surface area contributed by atoms with Crippen LogP contribution in [0.3, 0.4) is 0 Å². The molecule has 9 heteroatoms. The number of nitro groups is 1. The molecule has 1 aliphatic rings. The summed E-state index contributed by atoms with van der Waals surface area (Å²) in [6.07, 6.45) is -0.920. The third-order valence-corrected chi connectivity index (χ3v) is 5.32. The molecular weight excluding hydrogens is 416 g/mol. The van der Waals surface area contributed by atoms with Gasteiger partial charge in [0.05, 0.1) is 17.6 Å². The minimum Gasteiger partial charge on any atom is -0.494 e. The maximum Gasteiger partial charge on any atom is 0.411 e. The highest BCUT2D eigenvalue weighted by Crippen LogP contribution is 2.44. The zero-order chi connectivity index (χ0) is 22.8. The minimum atomic E-state index is -1.36. The van der Waals surface area contributed by atoms with Gasteiger partial charge in [-0.15, -0.1) is 0 Å². The number of carboxylic acid groups (broad SMARTS) is 1. The first-order valence-corrected chi connectivity index (χ1v) is 9.62. The number of nitro benzene ring substituents is 1. The van der Waals surface area contributed by atoms with Gasteiger partial charge >= 0.3 is 12.1 Å². The number of benzene rings is 3. The number of anilines is 1. The number of aromatic carboxylic acids is 1. The molecule has 0 fully saturated rings. The number of hydrogen-bond acceptors (Lipinski definition) is 6. The van der Waals surface area contributed by atoms with Crippen molar-refractivity contribution in [1.82, 2.24) is 0 Å². The van der Waals surface area contributed by atoms with Crippen molar-refractivity contribution in [3.63, 3.8) is 0 Å². The molecule has 9 nitrogen and oxygen atoms in total. The van der Waals surface area contributed by atoms with E-state index in [2.05, 4.69) is 5.32 Å². The number of carbonyl (C=O) groups is 2. The van der Waals surface area contributed by atoms with Crippen molar-refractivity contribution in [2.45, 2.75) is 5.92 Å². The summed E-state index contributed by atoms with van der Waals surface area (Å²) in [7, 11) is 1.22. The Morgan fingerprint density at radius 3 is 2.19 bits per heavy atom. The number of fused-ring (bicyclic) bond motifs is 3. The van der Waals surface area contributed by atoms with Crippen molar-refractivity contribution >= 4 is 23.4 Å². The molecule has 32 heavy (non-hydrogen) atoms. The monoisotopic (exact) mass is 434 g/mol. The van der Waals surface area contributed by atoms with Crippen LogP contribution in [0.2, 0.25) is 0 Å². The summed E-state index contributed by atoms with van der Waals surface area (Å²) in [5, 5.41) is 22.9. The average Bonchev–Trinajstić information content (AvgIpc) is 3.11. The van der Waals surface area contributed by atoms with E-state index in [4.69, 9.17) is 14.6 Å². The zero-order valence-corrected chi connectivity index (χ0v) is 16.9. The summed E-state index contributed by atoms with van der Waals surface area (Å²) in [6.45, 7) is 0.0170. The van der Waals surface area contributed by atoms with Gasteiger partial charge in [-0.2, -0.15) is 0 Å². The Kier molecular flexibility index (Phi) is 5.46. The third kappa shape index (κ3) is 3.71. The Bertz CT molecular complexity index is 1190. The van der Waals surface area contributed by atoms with E-state index in [1.165, 1.54) is 7.11 Å². The summed E-state index contributed by atoms with van der Waals surface area (Å²) in [4.78, 5) is 34.4. The molecule has 0 heterocycles. The van der Waals surface area contributed by atoms with Crippen LogP contribution in [-0.4, -0.2) is 35.8 Å². The number of amides is 1. The van der Waals surface area contributed by atoms with Crippen LogP contribution in [0.25, 0.3) is 11.1 Å². The van der Waals surface area contributed by atoms with E-state index in [-0.39, 0.29) is 29.5 Å². The maximum atomic E-state index is 12.5. The number of rotatable bonds is 6. The SMILES string of the molecule is COc1cc(C(=O)O)cc([N+](=O)[O-])c1NC(=O)OCC1c2ccccc2-c2ccccc21. The predicted octanol–water partition coefficient (Wildman–Crippen LogP) is 4.66. The number of nitrogens with one attached hydrogen (secondary N) is 1. The van der Waals surface area contributed by atoms with E-state index in [1.807, 2.05) is 48.5 Å². The smallest absolute Gasteiger partial charge is 0.411 e. The molecular formula is C23H18N2O7. The molecule has 162 valence electrons. The molecule has 3 aromatic rings. The van der Waals surface area contributed by atoms with E-state index < -0.39 is 22.7 Å². The molecule has 0 bridgehead atoms. The van der Waals surface area contributed by atoms with Crippen molar-refractivity contribution in [1.29, 1.82) is 0 Å². The lowest BCUT2D eigenvalue weighted by Gasteiger charge is -2.15. The number of hydrogen-bond donors (Lipinski definition) is 2. The van der Waals surface area contributed by atoms with Crippen LogP contribution < -0.4 is 10.1 Å². The van der Waals surface area contributed by atoms with Gasteiger partial charge in [-0.1, -0.05) is 48.5 Å². The lowest BCUT2D eigenvalue weighted by atomic mass is 9.98. The molecule has 0 unspecified atom stereocenters. The first-order valence-electron chi connectivity index (χ1n) is 9.62. The van der Waals surface area contributed by atoms with Gasteiger partial charge in [0.2, 0.25) is 0 Å². The van der Waals surface area contributed by atoms with Crippen LogP contribution in [0, 0.1) is 10.1 Å². The summed E-state index contributed by atoms with van der Waals surface area (Å²) >= 11 is 0. The van der Waals surface area contributed by atoms with Crippen molar-refractivity contribution < 1.29 is 29.1 Å². The average molecular weight is 434 g/mol. The standard InChI is InChI=1S/C23H18N2O7/c1-31-20-11-13(22(26)27)10-19(25(29)30)21(20)24-23(28)32-12-18-16-8-4-2-6-14(16)15-7-3-5-9-17(15)18/h2-11,18H,12H2,1H3,(H,24,28)(H,26,27). The van der Waals surface area contributed by atoms with Gasteiger partial charge in [0, 0.05) is 12.0 Å². The van der Waals surface area contributed by atoms with Crippen LogP contribution >= 0.6 is 0 Å². The number of ether oxygens (including phenoxy) is 2. The van der Waals surface area contributed by atoms with Crippen LogP contribution in [0.4, 0.5) is 16.2 Å². The van der Waals surface area contributed by atoms with E-state index in [0.717, 1.165) is 34.4 Å².